The molecule has 0 heterocycles. The molecule has 0 atom stereocenters. The second kappa shape index (κ2) is 3.15. The van der Waals surface area contributed by atoms with Crippen LogP contribution in [0.4, 0.5) is 0 Å². The first-order chi connectivity index (χ1) is 4.69. The van der Waals surface area contributed by atoms with Gasteiger partial charge in [-0.1, -0.05) is 26.2 Å². The molecule has 0 fully saturated rings. The molecule has 5 heteroatoms. The Kier molecular flexibility index (Phi) is 3.14. The molecule has 0 bridgehead atoms. The third-order valence-corrected chi connectivity index (χ3v) is 6.75. The van der Waals surface area contributed by atoms with Crippen molar-refractivity contribution in [1.82, 2.24) is 0 Å². The summed E-state index contributed by atoms with van der Waals surface area (Å²) in [5.41, 5.74) is 2.39. The molecule has 0 saturated carbocycles. The van der Waals surface area contributed by atoms with Crippen LogP contribution in [-0.2, 0) is 9.05 Å². The van der Waals surface area contributed by atoms with E-state index in [4.69, 9.17) is 10.7 Å². The molecule has 0 rings (SSSR count). The highest BCUT2D eigenvalue weighted by atomic mass is 35.7. The van der Waals surface area contributed by atoms with Gasteiger partial charge in [-0.25, -0.2) is 8.42 Å². The lowest BCUT2D eigenvalue weighted by Gasteiger charge is -2.14. The Labute approximate surface area is 73.0 Å². The van der Waals surface area contributed by atoms with Crippen LogP contribution in [0.25, 0.3) is 0 Å². The fourth-order valence-electron chi connectivity index (χ4n) is 0.717. The van der Waals surface area contributed by atoms with Crippen molar-refractivity contribution in [2.45, 2.75) is 19.6 Å². The molecule has 0 N–H and O–H groups in total. The summed E-state index contributed by atoms with van der Waals surface area (Å²) in [4.78, 5) is 0. The molecular formula is C6H11ClO2SSi. The summed E-state index contributed by atoms with van der Waals surface area (Å²) in [5, 5.41) is 0. The predicted octanol–water partition coefficient (Wildman–Crippen LogP) is 2.10. The Bertz CT molecular complexity index is 293. The second-order valence-electron chi connectivity index (χ2n) is 3.19. The highest BCUT2D eigenvalue weighted by molar-refractivity contribution is 8.18. The standard InChI is InChI=1S/C6H11ClO2SSi/c1-5-6(10(7,8)9)11(2,3)4/h1H2,2-4H3. The Morgan fingerprint density at radius 3 is 1.82 bits per heavy atom. The van der Waals surface area contributed by atoms with E-state index in [0.29, 0.717) is 0 Å². The third-order valence-electron chi connectivity index (χ3n) is 1.09. The van der Waals surface area contributed by atoms with E-state index in [1.54, 1.807) is 0 Å². The van der Waals surface area contributed by atoms with Gasteiger partial charge >= 0.3 is 0 Å². The van der Waals surface area contributed by atoms with Gasteiger partial charge in [0.05, 0.1) is 4.53 Å². The first-order valence-electron chi connectivity index (χ1n) is 3.05. The average Bonchev–Trinajstić information content (AvgIpc) is 1.56. The van der Waals surface area contributed by atoms with Crippen LogP contribution in [0.3, 0.4) is 0 Å². The van der Waals surface area contributed by atoms with Gasteiger partial charge in [-0.05, 0) is 0 Å². The van der Waals surface area contributed by atoms with Crippen molar-refractivity contribution in [1.29, 1.82) is 0 Å². The van der Waals surface area contributed by atoms with Crippen LogP contribution in [0, 0.1) is 0 Å². The number of halogens is 1. The maximum Gasteiger partial charge on any atom is 0.260 e. The van der Waals surface area contributed by atoms with Crippen molar-refractivity contribution in [2.75, 3.05) is 0 Å². The molecule has 0 radical (unpaired) electrons. The van der Waals surface area contributed by atoms with Crippen LogP contribution in [-0.4, -0.2) is 16.5 Å². The van der Waals surface area contributed by atoms with E-state index in [9.17, 15) is 8.42 Å². The van der Waals surface area contributed by atoms with E-state index in [0.717, 1.165) is 0 Å². The van der Waals surface area contributed by atoms with Crippen LogP contribution in [0.5, 0.6) is 0 Å². The van der Waals surface area contributed by atoms with Gasteiger partial charge in [-0.2, -0.15) is 0 Å². The van der Waals surface area contributed by atoms with Crippen molar-refractivity contribution in [2.24, 2.45) is 0 Å². The van der Waals surface area contributed by atoms with Crippen LogP contribution in [0.15, 0.2) is 16.8 Å². The fraction of sp³-hybridized carbons (Fsp3) is 0.500. The fourth-order valence-corrected chi connectivity index (χ4v) is 6.59. The summed E-state index contributed by atoms with van der Waals surface area (Å²) in [6.07, 6.45) is 0. The lowest BCUT2D eigenvalue weighted by Crippen LogP contribution is -2.26. The molecule has 0 aliphatic rings. The minimum Gasteiger partial charge on any atom is -0.207 e. The maximum absolute atomic E-state index is 10.9. The molecule has 0 aromatic heterocycles. The molecule has 0 amide bonds. The Morgan fingerprint density at radius 2 is 1.82 bits per heavy atom. The summed E-state index contributed by atoms with van der Waals surface area (Å²) in [6.45, 7) is 8.93. The molecule has 0 unspecified atom stereocenters. The van der Waals surface area contributed by atoms with E-state index < -0.39 is 17.1 Å². The molecule has 0 aliphatic heterocycles. The zero-order chi connectivity index (χ0) is 9.28. The van der Waals surface area contributed by atoms with Gasteiger partial charge in [0.1, 0.15) is 8.07 Å². The van der Waals surface area contributed by atoms with E-state index in [2.05, 4.69) is 12.3 Å². The van der Waals surface area contributed by atoms with Gasteiger partial charge in [0.15, 0.2) is 0 Å². The molecule has 0 aromatic rings. The zero-order valence-electron chi connectivity index (χ0n) is 6.81. The van der Waals surface area contributed by atoms with Gasteiger partial charge in [-0.3, -0.25) is 0 Å². The number of hydrogen-bond acceptors (Lipinski definition) is 2. The topological polar surface area (TPSA) is 34.1 Å². The highest BCUT2D eigenvalue weighted by Crippen LogP contribution is 2.22. The molecule has 0 saturated heterocycles. The van der Waals surface area contributed by atoms with Gasteiger partial charge in [0, 0.05) is 10.7 Å². The lowest BCUT2D eigenvalue weighted by molar-refractivity contribution is 0.616. The molecule has 0 aliphatic carbocycles. The second-order valence-corrected chi connectivity index (χ2v) is 11.1. The SMILES string of the molecule is C=C=C([Si](C)(C)C)S(=O)(=O)Cl. The minimum atomic E-state index is -3.60. The summed E-state index contributed by atoms with van der Waals surface area (Å²) in [5.74, 6) is 0. The van der Waals surface area contributed by atoms with Crippen LogP contribution >= 0.6 is 10.7 Å². The summed E-state index contributed by atoms with van der Waals surface area (Å²) >= 11 is 0. The summed E-state index contributed by atoms with van der Waals surface area (Å²) in [6, 6.07) is 0. The van der Waals surface area contributed by atoms with E-state index >= 15 is 0 Å². The third kappa shape index (κ3) is 3.25. The first-order valence-corrected chi connectivity index (χ1v) is 8.85. The number of hydrogen-bond donors (Lipinski definition) is 0. The average molecular weight is 211 g/mol. The lowest BCUT2D eigenvalue weighted by atomic mass is 11.0. The molecular weight excluding hydrogens is 200 g/mol. The summed E-state index contributed by atoms with van der Waals surface area (Å²) in [7, 11) is -0.343. The molecule has 2 nitrogen and oxygen atoms in total. The van der Waals surface area contributed by atoms with E-state index in [1.807, 2.05) is 19.6 Å². The van der Waals surface area contributed by atoms with Crippen LogP contribution < -0.4 is 0 Å². The first kappa shape index (κ1) is 11.0. The quantitative estimate of drug-likeness (QED) is 0.398. The Morgan fingerprint density at radius 1 is 1.45 bits per heavy atom. The molecule has 0 aromatic carbocycles. The zero-order valence-corrected chi connectivity index (χ0v) is 9.38. The Balaban J connectivity index is 5.25. The highest BCUT2D eigenvalue weighted by Gasteiger charge is 2.28. The normalized spacial score (nSPS) is 12.4. The molecule has 0 spiro atoms. The van der Waals surface area contributed by atoms with Crippen molar-refractivity contribution < 1.29 is 8.42 Å². The Hall–Kier alpha value is -0.0231. The minimum absolute atomic E-state index is 0.173. The van der Waals surface area contributed by atoms with E-state index in [1.165, 1.54) is 0 Å². The van der Waals surface area contributed by atoms with Gasteiger partial charge in [0.2, 0.25) is 0 Å². The number of rotatable bonds is 2. The van der Waals surface area contributed by atoms with Crippen molar-refractivity contribution in [3.63, 3.8) is 0 Å². The smallest absolute Gasteiger partial charge is 0.207 e. The van der Waals surface area contributed by atoms with Crippen molar-refractivity contribution in [3.05, 3.63) is 16.8 Å². The van der Waals surface area contributed by atoms with Crippen LogP contribution in [0.2, 0.25) is 19.6 Å². The van der Waals surface area contributed by atoms with Gasteiger partial charge < -0.3 is 0 Å². The van der Waals surface area contributed by atoms with Crippen LogP contribution in [0.1, 0.15) is 0 Å². The monoisotopic (exact) mass is 210 g/mol. The molecule has 64 valence electrons. The largest absolute Gasteiger partial charge is 0.260 e. The molecule has 11 heavy (non-hydrogen) atoms. The van der Waals surface area contributed by atoms with Crippen molar-refractivity contribution in [3.8, 4) is 0 Å². The summed E-state index contributed by atoms with van der Waals surface area (Å²) < 4.78 is 21.9. The van der Waals surface area contributed by atoms with Gasteiger partial charge in [0.25, 0.3) is 9.05 Å². The van der Waals surface area contributed by atoms with Crippen molar-refractivity contribution >= 4 is 27.8 Å². The van der Waals surface area contributed by atoms with Gasteiger partial charge in [-0.15, -0.1) is 5.73 Å². The van der Waals surface area contributed by atoms with E-state index in [-0.39, 0.29) is 4.53 Å². The predicted molar refractivity (Wildman–Crippen MR) is 50.8 cm³/mol. The maximum atomic E-state index is 10.9.